The van der Waals surface area contributed by atoms with E-state index in [0.29, 0.717) is 13.2 Å². The van der Waals surface area contributed by atoms with Crippen molar-refractivity contribution in [3.8, 4) is 0 Å². The summed E-state index contributed by atoms with van der Waals surface area (Å²) in [6.45, 7) is 7.83. The van der Waals surface area contributed by atoms with Gasteiger partial charge in [0.1, 0.15) is 0 Å². The molecule has 2 fully saturated rings. The minimum Gasteiger partial charge on any atom is -0.480 e. The number of hydrogen-bond acceptors (Lipinski definition) is 5. The second-order valence-corrected chi connectivity index (χ2v) is 5.72. The lowest BCUT2D eigenvalue weighted by molar-refractivity contribution is -0.164. The van der Waals surface area contributed by atoms with Gasteiger partial charge in [0, 0.05) is 32.7 Å². The van der Waals surface area contributed by atoms with Crippen molar-refractivity contribution in [3.05, 3.63) is 0 Å². The third kappa shape index (κ3) is 2.94. The van der Waals surface area contributed by atoms with E-state index in [0.717, 1.165) is 26.2 Å². The van der Waals surface area contributed by atoms with Crippen LogP contribution in [-0.4, -0.2) is 84.3 Å². The summed E-state index contributed by atoms with van der Waals surface area (Å²) in [7, 11) is 0. The smallest absolute Gasteiger partial charge is 0.328 e. The summed E-state index contributed by atoms with van der Waals surface area (Å²) < 4.78 is 5.18. The van der Waals surface area contributed by atoms with Crippen molar-refractivity contribution in [3.63, 3.8) is 0 Å². The van der Waals surface area contributed by atoms with E-state index in [4.69, 9.17) is 4.74 Å². The largest absolute Gasteiger partial charge is 0.480 e. The Morgan fingerprint density at radius 2 is 1.90 bits per heavy atom. The molecule has 0 spiro atoms. The minimum absolute atomic E-state index is 0.0682. The molecular formula is C13H23N3O4. The molecule has 7 heteroatoms. The molecule has 0 aromatic rings. The van der Waals surface area contributed by atoms with Crippen LogP contribution in [-0.2, 0) is 14.3 Å². The maximum absolute atomic E-state index is 12.8. The number of carboxylic acid groups (broad SMARTS) is 1. The van der Waals surface area contributed by atoms with Gasteiger partial charge in [0.25, 0.3) is 0 Å². The van der Waals surface area contributed by atoms with Crippen LogP contribution in [0.5, 0.6) is 0 Å². The monoisotopic (exact) mass is 285 g/mol. The van der Waals surface area contributed by atoms with Crippen LogP contribution in [0.25, 0.3) is 0 Å². The van der Waals surface area contributed by atoms with Gasteiger partial charge in [-0.25, -0.2) is 4.79 Å². The van der Waals surface area contributed by atoms with Crippen LogP contribution in [0.2, 0.25) is 0 Å². The molecule has 2 saturated heterocycles. The summed E-state index contributed by atoms with van der Waals surface area (Å²) in [6.07, 6.45) is 0. The molecule has 2 rings (SSSR count). The number of ether oxygens (including phenoxy) is 1. The van der Waals surface area contributed by atoms with Crippen LogP contribution < -0.4 is 5.32 Å². The second kappa shape index (κ2) is 6.07. The number of aliphatic carboxylic acids is 1. The highest BCUT2D eigenvalue weighted by molar-refractivity contribution is 5.89. The van der Waals surface area contributed by atoms with Crippen LogP contribution in [0, 0.1) is 0 Å². The predicted molar refractivity (Wildman–Crippen MR) is 72.5 cm³/mol. The third-order valence-electron chi connectivity index (χ3n) is 4.11. The number of carboxylic acids is 1. The lowest BCUT2D eigenvalue weighted by atomic mass is 9.98. The molecule has 2 heterocycles. The molecule has 1 amide bonds. The minimum atomic E-state index is -1.01. The lowest BCUT2D eigenvalue weighted by Gasteiger charge is -2.44. The number of carbonyl (C=O) groups is 2. The predicted octanol–water partition coefficient (Wildman–Crippen LogP) is -1.02. The fourth-order valence-electron chi connectivity index (χ4n) is 2.76. The normalized spacial score (nSPS) is 25.5. The zero-order valence-electron chi connectivity index (χ0n) is 12.1. The van der Waals surface area contributed by atoms with Crippen molar-refractivity contribution in [2.24, 2.45) is 0 Å². The van der Waals surface area contributed by atoms with Gasteiger partial charge < -0.3 is 20.1 Å². The Morgan fingerprint density at radius 3 is 2.50 bits per heavy atom. The Kier molecular flexibility index (Phi) is 4.62. The van der Waals surface area contributed by atoms with E-state index in [9.17, 15) is 14.7 Å². The third-order valence-corrected chi connectivity index (χ3v) is 4.11. The quantitative estimate of drug-likeness (QED) is 0.691. The summed E-state index contributed by atoms with van der Waals surface area (Å²) in [5, 5.41) is 12.5. The van der Waals surface area contributed by atoms with Gasteiger partial charge in [-0.3, -0.25) is 9.69 Å². The molecule has 2 aliphatic rings. The zero-order valence-corrected chi connectivity index (χ0v) is 12.1. The molecule has 0 aromatic carbocycles. The van der Waals surface area contributed by atoms with Crippen molar-refractivity contribution >= 4 is 11.9 Å². The summed E-state index contributed by atoms with van der Waals surface area (Å²) in [5.74, 6) is -1.13. The molecule has 2 N–H and O–H groups in total. The number of amides is 1. The van der Waals surface area contributed by atoms with Gasteiger partial charge in [-0.15, -0.1) is 0 Å². The molecule has 0 saturated carbocycles. The van der Waals surface area contributed by atoms with Crippen LogP contribution in [0.1, 0.15) is 13.8 Å². The maximum atomic E-state index is 12.8. The summed E-state index contributed by atoms with van der Waals surface area (Å²) >= 11 is 0. The van der Waals surface area contributed by atoms with Gasteiger partial charge >= 0.3 is 5.97 Å². The number of carbonyl (C=O) groups excluding carboxylic acids is 1. The molecule has 0 aromatic heterocycles. The van der Waals surface area contributed by atoms with Crippen molar-refractivity contribution < 1.29 is 19.4 Å². The Morgan fingerprint density at radius 1 is 1.25 bits per heavy atom. The summed E-state index contributed by atoms with van der Waals surface area (Å²) in [4.78, 5) is 27.6. The van der Waals surface area contributed by atoms with E-state index in [1.165, 1.54) is 4.90 Å². The molecule has 20 heavy (non-hydrogen) atoms. The van der Waals surface area contributed by atoms with Crippen LogP contribution in [0.4, 0.5) is 0 Å². The number of hydrogen-bond donors (Lipinski definition) is 2. The fourth-order valence-corrected chi connectivity index (χ4v) is 2.76. The van der Waals surface area contributed by atoms with Crippen molar-refractivity contribution in [1.82, 2.24) is 15.1 Å². The molecule has 1 atom stereocenters. The first-order valence-corrected chi connectivity index (χ1v) is 7.02. The van der Waals surface area contributed by atoms with Gasteiger partial charge in [0.15, 0.2) is 6.04 Å². The summed E-state index contributed by atoms with van der Waals surface area (Å²) in [6, 6.07) is -0.876. The van der Waals surface area contributed by atoms with E-state index in [1.54, 1.807) is 0 Å². The van der Waals surface area contributed by atoms with Crippen LogP contribution in [0.15, 0.2) is 0 Å². The topological polar surface area (TPSA) is 82.1 Å². The van der Waals surface area contributed by atoms with E-state index in [2.05, 4.69) is 10.2 Å². The average molecular weight is 285 g/mol. The first-order valence-electron chi connectivity index (χ1n) is 7.02. The number of nitrogens with one attached hydrogen (secondary N) is 1. The van der Waals surface area contributed by atoms with Crippen molar-refractivity contribution in [2.45, 2.75) is 25.4 Å². The Hall–Kier alpha value is -1.18. The SMILES string of the molecule is CC(C)(C(=O)N1CCOCC1C(=O)O)N1CCNCC1. The molecule has 0 radical (unpaired) electrons. The van der Waals surface area contributed by atoms with Crippen LogP contribution in [0.3, 0.4) is 0 Å². The van der Waals surface area contributed by atoms with Crippen molar-refractivity contribution in [2.75, 3.05) is 45.9 Å². The zero-order chi connectivity index (χ0) is 14.8. The van der Waals surface area contributed by atoms with Gasteiger partial charge in [0.2, 0.25) is 5.91 Å². The number of rotatable bonds is 3. The van der Waals surface area contributed by atoms with E-state index < -0.39 is 17.6 Å². The van der Waals surface area contributed by atoms with E-state index >= 15 is 0 Å². The Bertz CT molecular complexity index is 380. The maximum Gasteiger partial charge on any atom is 0.328 e. The van der Waals surface area contributed by atoms with Gasteiger partial charge in [-0.2, -0.15) is 0 Å². The average Bonchev–Trinajstić information content (AvgIpc) is 2.47. The van der Waals surface area contributed by atoms with Crippen molar-refractivity contribution in [1.29, 1.82) is 0 Å². The fraction of sp³-hybridized carbons (Fsp3) is 0.846. The highest BCUT2D eigenvalue weighted by Gasteiger charge is 2.43. The lowest BCUT2D eigenvalue weighted by Crippen LogP contribution is -2.64. The number of nitrogens with zero attached hydrogens (tertiary/aromatic N) is 2. The van der Waals surface area contributed by atoms with Gasteiger partial charge in [-0.05, 0) is 13.8 Å². The van der Waals surface area contributed by atoms with Crippen LogP contribution >= 0.6 is 0 Å². The molecular weight excluding hydrogens is 262 g/mol. The molecule has 1 unspecified atom stereocenters. The molecule has 2 aliphatic heterocycles. The molecule has 0 aliphatic carbocycles. The Labute approximate surface area is 118 Å². The molecule has 114 valence electrons. The first-order chi connectivity index (χ1) is 9.44. The number of piperazine rings is 1. The standard InChI is InChI=1S/C13H23N3O4/c1-13(2,15-5-3-14-4-6-15)12(19)16-7-8-20-9-10(16)11(17)18/h10,14H,3-9H2,1-2H3,(H,17,18). The molecule has 0 bridgehead atoms. The van der Waals surface area contributed by atoms with E-state index in [1.807, 2.05) is 13.8 Å². The second-order valence-electron chi connectivity index (χ2n) is 5.72. The Balaban J connectivity index is 2.12. The highest BCUT2D eigenvalue weighted by atomic mass is 16.5. The van der Waals surface area contributed by atoms with Gasteiger partial charge in [0.05, 0.1) is 18.8 Å². The van der Waals surface area contributed by atoms with Gasteiger partial charge in [-0.1, -0.05) is 0 Å². The number of morpholine rings is 1. The first kappa shape index (κ1) is 15.2. The summed E-state index contributed by atoms with van der Waals surface area (Å²) in [5.41, 5.74) is -0.687. The van der Waals surface area contributed by atoms with E-state index in [-0.39, 0.29) is 12.5 Å². The highest BCUT2D eigenvalue weighted by Crippen LogP contribution is 2.21. The molecule has 7 nitrogen and oxygen atoms in total.